The van der Waals surface area contributed by atoms with Crippen LogP contribution in [0.2, 0.25) is 0 Å². The number of nitriles is 1. The summed E-state index contributed by atoms with van der Waals surface area (Å²) in [5.41, 5.74) is 1.83. The van der Waals surface area contributed by atoms with Crippen molar-refractivity contribution in [2.75, 3.05) is 31.7 Å². The van der Waals surface area contributed by atoms with Gasteiger partial charge in [0.15, 0.2) is 0 Å². The molecule has 0 aliphatic heterocycles. The summed E-state index contributed by atoms with van der Waals surface area (Å²) in [5.74, 6) is 0. The molecule has 0 bridgehead atoms. The van der Waals surface area contributed by atoms with Crippen molar-refractivity contribution in [3.63, 3.8) is 0 Å². The average molecular weight is 310 g/mol. The van der Waals surface area contributed by atoms with Crippen LogP contribution < -0.4 is 10.6 Å². The minimum Gasteiger partial charge on any atom is -0.337 e. The third kappa shape index (κ3) is 5.41. The van der Waals surface area contributed by atoms with Crippen molar-refractivity contribution in [1.29, 1.82) is 5.26 Å². The summed E-state index contributed by atoms with van der Waals surface area (Å²) in [6.07, 6.45) is 1.10. The van der Waals surface area contributed by atoms with Gasteiger partial charge in [-0.25, -0.2) is 17.5 Å². The Morgan fingerprint density at radius 1 is 1.43 bits per heavy atom. The third-order valence-corrected chi connectivity index (χ3v) is 4.21. The van der Waals surface area contributed by atoms with Gasteiger partial charge < -0.3 is 10.6 Å². The van der Waals surface area contributed by atoms with Crippen LogP contribution in [0.1, 0.15) is 11.1 Å². The first-order chi connectivity index (χ1) is 9.74. The number of hydrogen-bond donors (Lipinski definition) is 2. The number of nitrogens with zero attached hydrogens (tertiary/aromatic N) is 2. The predicted octanol–water partition coefficient (Wildman–Crippen LogP) is 0.880. The van der Waals surface area contributed by atoms with Crippen LogP contribution in [0.15, 0.2) is 18.2 Å². The fourth-order valence-electron chi connectivity index (χ4n) is 1.49. The summed E-state index contributed by atoms with van der Waals surface area (Å²) in [7, 11) is -1.81. The molecule has 8 heteroatoms. The summed E-state index contributed by atoms with van der Waals surface area (Å²) in [4.78, 5) is 11.7. The van der Waals surface area contributed by atoms with Crippen LogP contribution in [0.4, 0.5) is 10.5 Å². The second-order valence-electron chi connectivity index (χ2n) is 4.61. The number of hydrogen-bond acceptors (Lipinski definition) is 4. The van der Waals surface area contributed by atoms with Crippen molar-refractivity contribution >= 4 is 21.7 Å². The normalized spacial score (nSPS) is 11.0. The molecule has 0 unspecified atom stereocenters. The van der Waals surface area contributed by atoms with E-state index in [1.54, 1.807) is 18.2 Å². The molecule has 1 aromatic rings. The van der Waals surface area contributed by atoms with Gasteiger partial charge in [-0.15, -0.1) is 0 Å². The van der Waals surface area contributed by atoms with Crippen molar-refractivity contribution < 1.29 is 13.2 Å². The fourth-order valence-corrected chi connectivity index (χ4v) is 1.91. The highest BCUT2D eigenvalue weighted by Crippen LogP contribution is 2.14. The Hall–Kier alpha value is -2.11. The zero-order valence-corrected chi connectivity index (χ0v) is 13.0. The predicted molar refractivity (Wildman–Crippen MR) is 80.4 cm³/mol. The fraction of sp³-hybridized carbons (Fsp3) is 0.385. The van der Waals surface area contributed by atoms with Crippen LogP contribution >= 0.6 is 0 Å². The van der Waals surface area contributed by atoms with Gasteiger partial charge >= 0.3 is 6.03 Å². The van der Waals surface area contributed by atoms with Crippen LogP contribution in [0, 0.1) is 18.3 Å². The molecule has 0 heterocycles. The highest BCUT2D eigenvalue weighted by molar-refractivity contribution is 7.88. The number of anilines is 1. The number of carbonyl (C=O) groups excluding carboxylic acids is 1. The molecule has 7 nitrogen and oxygen atoms in total. The van der Waals surface area contributed by atoms with E-state index in [-0.39, 0.29) is 13.1 Å². The molecular formula is C13H18N4O3S. The van der Waals surface area contributed by atoms with E-state index in [0.29, 0.717) is 11.3 Å². The lowest BCUT2D eigenvalue weighted by molar-refractivity contribution is 0.251. The second-order valence-corrected chi connectivity index (χ2v) is 6.70. The van der Waals surface area contributed by atoms with Crippen LogP contribution in [-0.2, 0) is 10.0 Å². The zero-order chi connectivity index (χ0) is 16.0. The van der Waals surface area contributed by atoms with Crippen LogP contribution in [0.25, 0.3) is 0 Å². The van der Waals surface area contributed by atoms with Crippen LogP contribution in [-0.4, -0.2) is 45.1 Å². The SMILES string of the molecule is Cc1ccc(NC(=O)NCCN(C)S(C)(=O)=O)cc1C#N. The second kappa shape index (κ2) is 7.06. The van der Waals surface area contributed by atoms with Crippen molar-refractivity contribution in [1.82, 2.24) is 9.62 Å². The maximum Gasteiger partial charge on any atom is 0.319 e. The van der Waals surface area contributed by atoms with Crippen LogP contribution in [0.5, 0.6) is 0 Å². The van der Waals surface area contributed by atoms with Crippen LogP contribution in [0.3, 0.4) is 0 Å². The Labute approximate surface area is 124 Å². The summed E-state index contributed by atoms with van der Waals surface area (Å²) in [6, 6.07) is 6.60. The average Bonchev–Trinajstić information content (AvgIpc) is 2.39. The molecule has 1 aromatic carbocycles. The number of sulfonamides is 1. The number of rotatable bonds is 5. The molecule has 21 heavy (non-hydrogen) atoms. The smallest absolute Gasteiger partial charge is 0.319 e. The minimum absolute atomic E-state index is 0.184. The molecule has 114 valence electrons. The third-order valence-electron chi connectivity index (χ3n) is 2.89. The standard InChI is InChI=1S/C13H18N4O3S/c1-10-4-5-12(8-11(10)9-14)16-13(18)15-6-7-17(2)21(3,19)20/h4-5,8H,6-7H2,1-3H3,(H2,15,16,18). The largest absolute Gasteiger partial charge is 0.337 e. The first kappa shape index (κ1) is 16.9. The van der Waals surface area contributed by atoms with Crippen molar-refractivity contribution in [3.8, 4) is 6.07 Å². The van der Waals surface area contributed by atoms with Gasteiger partial charge in [-0.05, 0) is 24.6 Å². The molecule has 0 spiro atoms. The first-order valence-corrected chi connectivity index (χ1v) is 8.06. The monoisotopic (exact) mass is 310 g/mol. The molecule has 0 aliphatic carbocycles. The maximum atomic E-state index is 11.7. The molecule has 0 aromatic heterocycles. The van der Waals surface area contributed by atoms with Gasteiger partial charge in [-0.3, -0.25) is 0 Å². The maximum absolute atomic E-state index is 11.7. The van der Waals surface area contributed by atoms with Gasteiger partial charge in [0.2, 0.25) is 10.0 Å². The molecule has 0 fully saturated rings. The summed E-state index contributed by atoms with van der Waals surface area (Å²) < 4.78 is 23.5. The number of benzene rings is 1. The number of amides is 2. The number of urea groups is 1. The van der Waals surface area contributed by atoms with Crippen molar-refractivity contribution in [3.05, 3.63) is 29.3 Å². The van der Waals surface area contributed by atoms with E-state index in [4.69, 9.17) is 5.26 Å². The number of carbonyl (C=O) groups is 1. The molecule has 0 saturated heterocycles. The minimum atomic E-state index is -3.25. The highest BCUT2D eigenvalue weighted by Gasteiger charge is 2.10. The van der Waals surface area contributed by atoms with E-state index in [1.807, 2.05) is 13.0 Å². The molecule has 0 radical (unpaired) electrons. The Kier molecular flexibility index (Phi) is 5.69. The van der Waals surface area contributed by atoms with Gasteiger partial charge in [-0.1, -0.05) is 6.07 Å². The Morgan fingerprint density at radius 2 is 2.10 bits per heavy atom. The van der Waals surface area contributed by atoms with E-state index in [0.717, 1.165) is 16.1 Å². The lowest BCUT2D eigenvalue weighted by Gasteiger charge is -2.14. The Bertz CT molecular complexity index is 664. The highest BCUT2D eigenvalue weighted by atomic mass is 32.2. The summed E-state index contributed by atoms with van der Waals surface area (Å²) in [6.45, 7) is 2.18. The molecule has 2 amide bonds. The van der Waals surface area contributed by atoms with E-state index < -0.39 is 16.1 Å². The quantitative estimate of drug-likeness (QED) is 0.842. The molecule has 2 N–H and O–H groups in total. The summed E-state index contributed by atoms with van der Waals surface area (Å²) in [5, 5.41) is 14.0. The van der Waals surface area contributed by atoms with Gasteiger partial charge in [0.25, 0.3) is 0 Å². The van der Waals surface area contributed by atoms with E-state index in [2.05, 4.69) is 10.6 Å². The Balaban J connectivity index is 2.50. The molecular weight excluding hydrogens is 292 g/mol. The van der Waals surface area contributed by atoms with Gasteiger partial charge in [0.1, 0.15) is 0 Å². The number of aryl methyl sites for hydroxylation is 1. The van der Waals surface area contributed by atoms with Gasteiger partial charge in [0.05, 0.1) is 17.9 Å². The van der Waals surface area contributed by atoms with Gasteiger partial charge in [0, 0.05) is 25.8 Å². The molecule has 0 aliphatic rings. The lowest BCUT2D eigenvalue weighted by Crippen LogP contribution is -2.37. The summed E-state index contributed by atoms with van der Waals surface area (Å²) >= 11 is 0. The van der Waals surface area contributed by atoms with Crippen molar-refractivity contribution in [2.45, 2.75) is 6.92 Å². The topological polar surface area (TPSA) is 102 Å². The van der Waals surface area contributed by atoms with E-state index in [1.165, 1.54) is 7.05 Å². The lowest BCUT2D eigenvalue weighted by atomic mass is 10.1. The van der Waals surface area contributed by atoms with E-state index >= 15 is 0 Å². The number of likely N-dealkylation sites (N-methyl/N-ethyl adjacent to an activating group) is 1. The van der Waals surface area contributed by atoms with E-state index in [9.17, 15) is 13.2 Å². The number of nitrogens with one attached hydrogen (secondary N) is 2. The molecule has 0 saturated carbocycles. The Morgan fingerprint density at radius 3 is 2.67 bits per heavy atom. The van der Waals surface area contributed by atoms with Crippen molar-refractivity contribution in [2.24, 2.45) is 0 Å². The first-order valence-electron chi connectivity index (χ1n) is 6.21. The zero-order valence-electron chi connectivity index (χ0n) is 12.2. The molecule has 1 rings (SSSR count). The molecule has 0 atom stereocenters. The van der Waals surface area contributed by atoms with Gasteiger partial charge in [-0.2, -0.15) is 5.26 Å².